The van der Waals surface area contributed by atoms with Crippen molar-refractivity contribution in [2.75, 3.05) is 0 Å². The minimum atomic E-state index is 0.560. The molecule has 0 saturated carbocycles. The lowest BCUT2D eigenvalue weighted by atomic mass is 10.2. The zero-order valence-corrected chi connectivity index (χ0v) is 6.74. The van der Waals surface area contributed by atoms with Gasteiger partial charge in [0, 0.05) is 0 Å². The van der Waals surface area contributed by atoms with Gasteiger partial charge in [0.05, 0.1) is 5.39 Å². The minimum absolute atomic E-state index is 0.560. The van der Waals surface area contributed by atoms with Crippen molar-refractivity contribution in [3.05, 3.63) is 23.8 Å². The zero-order chi connectivity index (χ0) is 8.55. The van der Waals surface area contributed by atoms with Crippen molar-refractivity contribution < 1.29 is 4.52 Å². The third kappa shape index (κ3) is 0.906. The van der Waals surface area contributed by atoms with E-state index in [-0.39, 0.29) is 0 Å². The Hall–Kier alpha value is -1.64. The summed E-state index contributed by atoms with van der Waals surface area (Å²) in [5.74, 6) is 0.560. The molecule has 0 aliphatic rings. The fraction of sp³-hybridized carbons (Fsp3) is 0.111. The molecule has 0 spiro atoms. The average molecular weight is 160 g/mol. The second-order valence-corrected chi connectivity index (χ2v) is 2.66. The number of aromatic nitrogens is 1. The molecule has 0 unspecified atom stereocenters. The van der Waals surface area contributed by atoms with Crippen LogP contribution in [0.3, 0.4) is 0 Å². The Bertz CT molecular complexity index is 431. The molecule has 0 fully saturated rings. The van der Waals surface area contributed by atoms with Crippen LogP contribution >= 0.6 is 0 Å². The third-order valence-electron chi connectivity index (χ3n) is 1.76. The van der Waals surface area contributed by atoms with Gasteiger partial charge in [0.2, 0.25) is 5.82 Å². The van der Waals surface area contributed by atoms with E-state index in [1.807, 2.05) is 25.1 Å². The van der Waals surface area contributed by atoms with Crippen molar-refractivity contribution in [3.63, 3.8) is 0 Å². The van der Waals surface area contributed by atoms with Crippen molar-refractivity contribution in [2.45, 2.75) is 6.92 Å². The van der Waals surface area contributed by atoms with E-state index < -0.39 is 0 Å². The molecule has 1 aromatic heterocycles. The summed E-state index contributed by atoms with van der Waals surface area (Å²) in [7, 11) is 0. The number of rotatable bonds is 1. The Balaban J connectivity index is 2.81. The first kappa shape index (κ1) is 7.03. The van der Waals surface area contributed by atoms with Gasteiger partial charge in [0.15, 0.2) is 5.58 Å². The molecule has 2 rings (SSSR count). The molecule has 2 aromatic rings. The van der Waals surface area contributed by atoms with Crippen LogP contribution in [-0.2, 0) is 0 Å². The van der Waals surface area contributed by atoms with Crippen LogP contribution in [0.2, 0.25) is 0 Å². The van der Waals surface area contributed by atoms with Gasteiger partial charge in [-0.25, -0.2) is 4.99 Å². The summed E-state index contributed by atoms with van der Waals surface area (Å²) >= 11 is 0. The molecule has 0 aliphatic heterocycles. The van der Waals surface area contributed by atoms with Crippen molar-refractivity contribution in [2.24, 2.45) is 4.99 Å². The SMILES string of the molecule is C=Nc1noc2cc(C)ccc12. The summed E-state index contributed by atoms with van der Waals surface area (Å²) in [5, 5.41) is 4.66. The Kier molecular flexibility index (Phi) is 1.43. The third-order valence-corrected chi connectivity index (χ3v) is 1.76. The monoisotopic (exact) mass is 160 g/mol. The fourth-order valence-corrected chi connectivity index (χ4v) is 1.15. The number of hydrogen-bond acceptors (Lipinski definition) is 3. The van der Waals surface area contributed by atoms with Crippen molar-refractivity contribution in [1.82, 2.24) is 5.16 Å². The van der Waals surface area contributed by atoms with Crippen LogP contribution in [0.15, 0.2) is 27.7 Å². The molecule has 3 heteroatoms. The summed E-state index contributed by atoms with van der Waals surface area (Å²) in [6, 6.07) is 5.86. The number of nitrogens with zero attached hydrogens (tertiary/aromatic N) is 2. The van der Waals surface area contributed by atoms with Gasteiger partial charge in [-0.1, -0.05) is 11.2 Å². The first-order valence-electron chi connectivity index (χ1n) is 3.64. The normalized spacial score (nSPS) is 10.4. The zero-order valence-electron chi connectivity index (χ0n) is 6.74. The molecule has 0 radical (unpaired) electrons. The van der Waals surface area contributed by atoms with E-state index in [1.54, 1.807) is 0 Å². The van der Waals surface area contributed by atoms with E-state index in [1.165, 1.54) is 0 Å². The van der Waals surface area contributed by atoms with Crippen LogP contribution in [0.25, 0.3) is 11.0 Å². The van der Waals surface area contributed by atoms with Gasteiger partial charge >= 0.3 is 0 Å². The number of aliphatic imine (C=N–C) groups is 1. The highest BCUT2D eigenvalue weighted by molar-refractivity contribution is 5.87. The van der Waals surface area contributed by atoms with E-state index in [9.17, 15) is 0 Å². The molecule has 0 aliphatic carbocycles. The van der Waals surface area contributed by atoms with Gasteiger partial charge in [-0.05, 0) is 31.3 Å². The summed E-state index contributed by atoms with van der Waals surface area (Å²) in [6.07, 6.45) is 0. The summed E-state index contributed by atoms with van der Waals surface area (Å²) in [5.41, 5.74) is 1.91. The maximum absolute atomic E-state index is 5.04. The molecule has 12 heavy (non-hydrogen) atoms. The standard InChI is InChI=1S/C9H8N2O/c1-6-3-4-7-8(5-6)12-11-9(7)10-2/h3-5H,2H2,1H3. The second kappa shape index (κ2) is 2.44. The molecule has 0 N–H and O–H groups in total. The lowest BCUT2D eigenvalue weighted by molar-refractivity contribution is 0.459. The van der Waals surface area contributed by atoms with Crippen LogP contribution in [0.4, 0.5) is 5.82 Å². The van der Waals surface area contributed by atoms with Crippen LogP contribution in [0, 0.1) is 6.92 Å². The highest BCUT2D eigenvalue weighted by Gasteiger charge is 2.04. The Morgan fingerprint density at radius 3 is 3.08 bits per heavy atom. The predicted molar refractivity (Wildman–Crippen MR) is 48.0 cm³/mol. The van der Waals surface area contributed by atoms with E-state index >= 15 is 0 Å². The highest BCUT2D eigenvalue weighted by atomic mass is 16.5. The average Bonchev–Trinajstić information content (AvgIpc) is 2.46. The van der Waals surface area contributed by atoms with Crippen LogP contribution in [0.1, 0.15) is 5.56 Å². The maximum atomic E-state index is 5.04. The Labute approximate surface area is 69.7 Å². The molecule has 0 bridgehead atoms. The second-order valence-electron chi connectivity index (χ2n) is 2.66. The number of fused-ring (bicyclic) bond motifs is 1. The van der Waals surface area contributed by atoms with Gasteiger partial charge in [-0.2, -0.15) is 0 Å². The Morgan fingerprint density at radius 1 is 1.50 bits per heavy atom. The van der Waals surface area contributed by atoms with E-state index in [4.69, 9.17) is 4.52 Å². The maximum Gasteiger partial charge on any atom is 0.202 e. The van der Waals surface area contributed by atoms with Gasteiger partial charge in [0.1, 0.15) is 0 Å². The van der Waals surface area contributed by atoms with Gasteiger partial charge < -0.3 is 4.52 Å². The smallest absolute Gasteiger partial charge is 0.202 e. The quantitative estimate of drug-likeness (QED) is 0.601. The molecule has 3 nitrogen and oxygen atoms in total. The molecule has 1 heterocycles. The number of benzene rings is 1. The number of aryl methyl sites for hydroxylation is 1. The van der Waals surface area contributed by atoms with Gasteiger partial charge in [-0.15, -0.1) is 0 Å². The van der Waals surface area contributed by atoms with Crippen LogP contribution in [0.5, 0.6) is 0 Å². The first-order valence-corrected chi connectivity index (χ1v) is 3.64. The van der Waals surface area contributed by atoms with Gasteiger partial charge in [-0.3, -0.25) is 0 Å². The first-order chi connectivity index (χ1) is 5.81. The van der Waals surface area contributed by atoms with E-state index in [0.717, 1.165) is 16.5 Å². The summed E-state index contributed by atoms with van der Waals surface area (Å²) in [4.78, 5) is 3.73. The topological polar surface area (TPSA) is 38.4 Å². The Morgan fingerprint density at radius 2 is 2.33 bits per heavy atom. The molecule has 0 amide bonds. The lowest BCUT2D eigenvalue weighted by Gasteiger charge is -1.89. The predicted octanol–water partition coefficient (Wildman–Crippen LogP) is 2.47. The number of hydrogen-bond donors (Lipinski definition) is 0. The molecule has 0 saturated heterocycles. The molecular weight excluding hydrogens is 152 g/mol. The van der Waals surface area contributed by atoms with Crippen molar-refractivity contribution in [1.29, 1.82) is 0 Å². The summed E-state index contributed by atoms with van der Waals surface area (Å²) < 4.78 is 5.04. The minimum Gasteiger partial charge on any atom is -0.354 e. The summed E-state index contributed by atoms with van der Waals surface area (Å²) in [6.45, 7) is 5.41. The molecule has 0 atom stereocenters. The molecule has 60 valence electrons. The molecule has 1 aromatic carbocycles. The molecular formula is C9H8N2O. The van der Waals surface area contributed by atoms with Crippen LogP contribution in [-0.4, -0.2) is 11.9 Å². The largest absolute Gasteiger partial charge is 0.354 e. The van der Waals surface area contributed by atoms with Crippen LogP contribution < -0.4 is 0 Å². The highest BCUT2D eigenvalue weighted by Crippen LogP contribution is 2.24. The fourth-order valence-electron chi connectivity index (χ4n) is 1.15. The lowest BCUT2D eigenvalue weighted by Crippen LogP contribution is -1.69. The van der Waals surface area contributed by atoms with E-state index in [0.29, 0.717) is 5.82 Å². The van der Waals surface area contributed by atoms with Crippen molar-refractivity contribution in [3.8, 4) is 0 Å². The van der Waals surface area contributed by atoms with Gasteiger partial charge in [0.25, 0.3) is 0 Å². The van der Waals surface area contributed by atoms with Crippen molar-refractivity contribution >= 4 is 23.5 Å². The van der Waals surface area contributed by atoms with E-state index in [2.05, 4.69) is 16.9 Å².